The highest BCUT2D eigenvalue weighted by molar-refractivity contribution is 5.82. The van der Waals surface area contributed by atoms with Crippen LogP contribution in [0.5, 0.6) is 0 Å². The van der Waals surface area contributed by atoms with Gasteiger partial charge in [-0.05, 0) is 106 Å². The third kappa shape index (κ3) is 3.66. The molecule has 4 aliphatic rings. The van der Waals surface area contributed by atoms with Gasteiger partial charge in [-0.15, -0.1) is 0 Å². The van der Waals surface area contributed by atoms with Crippen LogP contribution in [0.4, 0.5) is 0 Å². The van der Waals surface area contributed by atoms with Gasteiger partial charge in [-0.25, -0.2) is 9.67 Å². The van der Waals surface area contributed by atoms with Crippen molar-refractivity contribution in [2.24, 2.45) is 40.4 Å². The fraction of sp³-hybridized carbons (Fsp3) is 0.885. The number of carbonyl (C=O) groups is 1. The van der Waals surface area contributed by atoms with Crippen LogP contribution >= 0.6 is 0 Å². The molecule has 178 valence electrons. The number of ether oxygens (including phenoxy) is 1. The molecule has 5 rings (SSSR count). The average molecular weight is 444 g/mol. The minimum atomic E-state index is -0.136. The number of aromatic nitrogens is 3. The lowest BCUT2D eigenvalue weighted by molar-refractivity contribution is -0.170. The lowest BCUT2D eigenvalue weighted by Crippen LogP contribution is -2.57. The Morgan fingerprint density at radius 3 is 2.75 bits per heavy atom. The summed E-state index contributed by atoms with van der Waals surface area (Å²) in [5, 5.41) is 14.6. The molecule has 0 amide bonds. The summed E-state index contributed by atoms with van der Waals surface area (Å²) in [7, 11) is 0. The van der Waals surface area contributed by atoms with Crippen molar-refractivity contribution in [2.45, 2.75) is 97.3 Å². The average Bonchev–Trinajstić information content (AvgIpc) is 3.39. The van der Waals surface area contributed by atoms with E-state index >= 15 is 0 Å². The summed E-state index contributed by atoms with van der Waals surface area (Å²) >= 11 is 0. The van der Waals surface area contributed by atoms with Crippen molar-refractivity contribution in [2.75, 3.05) is 6.61 Å². The second kappa shape index (κ2) is 8.50. The number of nitrogens with zero attached hydrogens (tertiary/aromatic N) is 3. The number of aliphatic hydroxyl groups is 1. The SMILES string of the molecule is CC(C)OC[C@]12CC[C@@H](O)C[C@H]1CC[C@H]1[C@@H]3CC[C@H](C(=O)Cn4cncn4)[C@@]3(C)CC[C@@H]12. The molecular formula is C26H41N3O3. The summed E-state index contributed by atoms with van der Waals surface area (Å²) in [6.45, 7) is 7.90. The van der Waals surface area contributed by atoms with Gasteiger partial charge >= 0.3 is 0 Å². The Hall–Kier alpha value is -1.27. The van der Waals surface area contributed by atoms with E-state index in [9.17, 15) is 9.90 Å². The van der Waals surface area contributed by atoms with Crippen molar-refractivity contribution in [3.05, 3.63) is 12.7 Å². The zero-order chi connectivity index (χ0) is 22.5. The molecule has 1 heterocycles. The van der Waals surface area contributed by atoms with E-state index < -0.39 is 0 Å². The highest BCUT2D eigenvalue weighted by Crippen LogP contribution is 2.67. The predicted octanol–water partition coefficient (Wildman–Crippen LogP) is 4.27. The second-order valence-electron chi connectivity index (χ2n) is 11.9. The van der Waals surface area contributed by atoms with E-state index in [0.29, 0.717) is 36.0 Å². The van der Waals surface area contributed by atoms with Crippen LogP contribution in [0.2, 0.25) is 0 Å². The van der Waals surface area contributed by atoms with Gasteiger partial charge in [0.05, 0.1) is 18.8 Å². The first-order chi connectivity index (χ1) is 15.3. The van der Waals surface area contributed by atoms with Crippen LogP contribution in [0.25, 0.3) is 0 Å². The number of rotatable bonds is 6. The summed E-state index contributed by atoms with van der Waals surface area (Å²) < 4.78 is 8.01. The molecule has 32 heavy (non-hydrogen) atoms. The van der Waals surface area contributed by atoms with Gasteiger partial charge in [0.2, 0.25) is 0 Å². The van der Waals surface area contributed by atoms with Gasteiger partial charge in [-0.3, -0.25) is 4.79 Å². The summed E-state index contributed by atoms with van der Waals surface area (Å²) in [5.74, 6) is 3.07. The standard InChI is InChI=1S/C26H41N3O3/c1-17(2)32-14-26-11-8-19(30)12-18(26)4-5-20-21-6-7-23(25(21,3)10-9-22(20)26)24(31)13-29-16-27-15-28-29/h15-23,30H,4-14H2,1-3H3/t18-,19-,20+,21+,22+,23-,25+,26-/m1/s1. The number of fused-ring (bicyclic) bond motifs is 5. The molecule has 6 nitrogen and oxygen atoms in total. The van der Waals surface area contributed by atoms with Crippen molar-refractivity contribution < 1.29 is 14.6 Å². The van der Waals surface area contributed by atoms with Gasteiger partial charge in [0.25, 0.3) is 0 Å². The van der Waals surface area contributed by atoms with E-state index in [0.717, 1.165) is 38.7 Å². The van der Waals surface area contributed by atoms with Crippen LogP contribution in [0.3, 0.4) is 0 Å². The number of carbonyl (C=O) groups excluding carboxylic acids is 1. The lowest BCUT2D eigenvalue weighted by atomic mass is 9.44. The molecule has 0 bridgehead atoms. The molecular weight excluding hydrogens is 402 g/mol. The number of hydrogen-bond acceptors (Lipinski definition) is 5. The van der Waals surface area contributed by atoms with Crippen molar-refractivity contribution in [1.29, 1.82) is 0 Å². The number of ketones is 1. The maximum Gasteiger partial charge on any atom is 0.157 e. The van der Waals surface area contributed by atoms with Crippen molar-refractivity contribution in [3.63, 3.8) is 0 Å². The van der Waals surface area contributed by atoms with Crippen LogP contribution in [-0.4, -0.2) is 44.5 Å². The maximum absolute atomic E-state index is 13.3. The molecule has 4 fully saturated rings. The predicted molar refractivity (Wildman–Crippen MR) is 122 cm³/mol. The van der Waals surface area contributed by atoms with Gasteiger partial charge in [0.1, 0.15) is 19.2 Å². The van der Waals surface area contributed by atoms with Crippen LogP contribution in [0.1, 0.15) is 78.6 Å². The monoisotopic (exact) mass is 443 g/mol. The maximum atomic E-state index is 13.3. The van der Waals surface area contributed by atoms with Gasteiger partial charge in [-0.1, -0.05) is 6.92 Å². The molecule has 0 unspecified atom stereocenters. The zero-order valence-corrected chi connectivity index (χ0v) is 20.1. The Labute approximate surface area is 192 Å². The van der Waals surface area contributed by atoms with Crippen LogP contribution in [0.15, 0.2) is 12.7 Å². The van der Waals surface area contributed by atoms with Crippen molar-refractivity contribution in [1.82, 2.24) is 14.8 Å². The molecule has 0 aromatic carbocycles. The normalized spacial score (nSPS) is 43.5. The Morgan fingerprint density at radius 2 is 2.00 bits per heavy atom. The molecule has 4 aliphatic carbocycles. The minimum absolute atomic E-state index is 0.111. The Bertz CT molecular complexity index is 811. The first-order valence-electron chi connectivity index (χ1n) is 13.0. The van der Waals surface area contributed by atoms with Gasteiger partial charge in [0.15, 0.2) is 5.78 Å². The molecule has 0 spiro atoms. The third-order valence-corrected chi connectivity index (χ3v) is 10.2. The van der Waals surface area contributed by atoms with Crippen LogP contribution in [-0.2, 0) is 16.1 Å². The Morgan fingerprint density at radius 1 is 1.16 bits per heavy atom. The van der Waals surface area contributed by atoms with E-state index in [1.54, 1.807) is 11.0 Å². The van der Waals surface area contributed by atoms with E-state index in [-0.39, 0.29) is 29.0 Å². The van der Waals surface area contributed by atoms with E-state index in [1.807, 2.05) is 0 Å². The topological polar surface area (TPSA) is 77.2 Å². The zero-order valence-electron chi connectivity index (χ0n) is 20.1. The molecule has 1 aromatic rings. The summed E-state index contributed by atoms with van der Waals surface area (Å²) in [6.07, 6.45) is 13.3. The van der Waals surface area contributed by atoms with E-state index in [2.05, 4.69) is 30.9 Å². The molecule has 6 heteroatoms. The van der Waals surface area contributed by atoms with Crippen molar-refractivity contribution >= 4 is 5.78 Å². The Kier molecular flexibility index (Phi) is 5.98. The first kappa shape index (κ1) is 22.5. The first-order valence-corrected chi connectivity index (χ1v) is 13.0. The summed E-state index contributed by atoms with van der Waals surface area (Å²) in [5.41, 5.74) is 0.330. The summed E-state index contributed by atoms with van der Waals surface area (Å²) in [4.78, 5) is 17.3. The molecule has 1 aromatic heterocycles. The van der Waals surface area contributed by atoms with E-state index in [1.165, 1.54) is 32.0 Å². The second-order valence-corrected chi connectivity index (χ2v) is 11.9. The van der Waals surface area contributed by atoms with Crippen LogP contribution in [0, 0.1) is 40.4 Å². The quantitative estimate of drug-likeness (QED) is 0.710. The van der Waals surface area contributed by atoms with E-state index in [4.69, 9.17) is 4.74 Å². The highest BCUT2D eigenvalue weighted by atomic mass is 16.5. The number of aliphatic hydroxyl groups excluding tert-OH is 1. The minimum Gasteiger partial charge on any atom is -0.393 e. The molecule has 0 saturated heterocycles. The Balaban J connectivity index is 1.38. The highest BCUT2D eigenvalue weighted by Gasteiger charge is 2.62. The number of hydrogen-bond donors (Lipinski definition) is 1. The third-order valence-electron chi connectivity index (χ3n) is 10.2. The molecule has 0 aliphatic heterocycles. The number of Topliss-reactive ketones (excluding diaryl/α,β-unsaturated/α-hetero) is 1. The molecule has 0 radical (unpaired) electrons. The van der Waals surface area contributed by atoms with Gasteiger partial charge < -0.3 is 9.84 Å². The lowest BCUT2D eigenvalue weighted by Gasteiger charge is -2.61. The fourth-order valence-corrected chi connectivity index (χ4v) is 8.74. The molecule has 4 saturated carbocycles. The molecule has 1 N–H and O–H groups in total. The fourth-order valence-electron chi connectivity index (χ4n) is 8.74. The van der Waals surface area contributed by atoms with Crippen molar-refractivity contribution in [3.8, 4) is 0 Å². The smallest absolute Gasteiger partial charge is 0.157 e. The summed E-state index contributed by atoms with van der Waals surface area (Å²) in [6, 6.07) is 0. The van der Waals surface area contributed by atoms with Crippen LogP contribution < -0.4 is 0 Å². The largest absolute Gasteiger partial charge is 0.393 e. The van der Waals surface area contributed by atoms with Gasteiger partial charge in [-0.2, -0.15) is 5.10 Å². The molecule has 8 atom stereocenters. The van der Waals surface area contributed by atoms with Gasteiger partial charge in [0, 0.05) is 5.92 Å².